The first-order chi connectivity index (χ1) is 17.7. The van der Waals surface area contributed by atoms with Crippen LogP contribution in [0.4, 0.5) is 0 Å². The van der Waals surface area contributed by atoms with E-state index in [2.05, 4.69) is 5.16 Å². The maximum Gasteiger partial charge on any atom is 0.337 e. The van der Waals surface area contributed by atoms with E-state index in [1.54, 1.807) is 30.3 Å². The molecule has 0 aliphatic heterocycles. The summed E-state index contributed by atoms with van der Waals surface area (Å²) < 4.78 is 12.6. The van der Waals surface area contributed by atoms with Crippen molar-refractivity contribution in [1.82, 2.24) is 5.16 Å². The lowest BCUT2D eigenvalue weighted by molar-refractivity contribution is 0.0699. The number of carbonyl (C=O) groups is 1. The van der Waals surface area contributed by atoms with Gasteiger partial charge in [-0.1, -0.05) is 60.4 Å². The van der Waals surface area contributed by atoms with Gasteiger partial charge in [0.05, 0.1) is 21.2 Å². The van der Waals surface area contributed by atoms with Crippen molar-refractivity contribution in [3.63, 3.8) is 0 Å². The molecule has 0 saturated carbocycles. The first-order valence-electron chi connectivity index (χ1n) is 11.7. The van der Waals surface area contributed by atoms with Gasteiger partial charge in [-0.15, -0.1) is 11.3 Å². The molecule has 0 spiro atoms. The molecule has 0 saturated heterocycles. The number of halogens is 2. The molecule has 5 aromatic rings. The number of aromatic nitrogens is 1. The van der Waals surface area contributed by atoms with E-state index in [0.717, 1.165) is 37.4 Å². The van der Waals surface area contributed by atoms with Gasteiger partial charge in [-0.05, 0) is 65.9 Å². The number of benzene rings is 3. The second-order valence-electron chi connectivity index (χ2n) is 9.03. The van der Waals surface area contributed by atoms with E-state index in [1.807, 2.05) is 51.1 Å². The minimum absolute atomic E-state index is 0.0916. The average molecular weight is 552 g/mol. The molecule has 2 heterocycles. The summed E-state index contributed by atoms with van der Waals surface area (Å²) in [6.45, 7) is 6.31. The third-order valence-electron chi connectivity index (χ3n) is 6.16. The molecule has 0 aliphatic carbocycles. The Morgan fingerprint density at radius 2 is 1.81 bits per heavy atom. The number of aryl methyl sites for hydroxylation is 1. The zero-order valence-electron chi connectivity index (χ0n) is 20.3. The van der Waals surface area contributed by atoms with Crippen LogP contribution in [0.25, 0.3) is 31.8 Å². The van der Waals surface area contributed by atoms with Gasteiger partial charge >= 0.3 is 5.97 Å². The van der Waals surface area contributed by atoms with Crippen LogP contribution >= 0.6 is 34.5 Å². The molecule has 5 rings (SSSR count). The molecular weight excluding hydrogens is 529 g/mol. The van der Waals surface area contributed by atoms with Crippen molar-refractivity contribution in [1.29, 1.82) is 0 Å². The maximum absolute atomic E-state index is 11.6. The van der Waals surface area contributed by atoms with Crippen LogP contribution in [0.5, 0.6) is 5.75 Å². The molecule has 0 amide bonds. The van der Waals surface area contributed by atoms with E-state index in [1.165, 1.54) is 11.3 Å². The number of hydrogen-bond donors (Lipinski definition) is 1. The summed E-state index contributed by atoms with van der Waals surface area (Å²) in [4.78, 5) is 12.6. The fraction of sp³-hybridized carbons (Fsp3) is 0.172. The van der Waals surface area contributed by atoms with E-state index in [-0.39, 0.29) is 12.5 Å². The van der Waals surface area contributed by atoms with Crippen LogP contribution in [0.1, 0.15) is 47.0 Å². The number of fused-ring (bicyclic) bond motifs is 1. The van der Waals surface area contributed by atoms with Crippen LogP contribution in [-0.2, 0) is 6.61 Å². The van der Waals surface area contributed by atoms with Gasteiger partial charge in [-0.3, -0.25) is 0 Å². The second kappa shape index (κ2) is 10.2. The Morgan fingerprint density at radius 3 is 2.49 bits per heavy atom. The van der Waals surface area contributed by atoms with Crippen molar-refractivity contribution >= 4 is 50.6 Å². The minimum atomic E-state index is -0.925. The van der Waals surface area contributed by atoms with Gasteiger partial charge in [0.15, 0.2) is 0 Å². The van der Waals surface area contributed by atoms with Crippen molar-refractivity contribution in [3.05, 3.63) is 93.2 Å². The minimum Gasteiger partial charge on any atom is -0.489 e. The zero-order chi connectivity index (χ0) is 26.3. The number of ether oxygens (including phenoxy) is 1. The number of rotatable bonds is 7. The summed E-state index contributed by atoms with van der Waals surface area (Å²) in [6, 6.07) is 18.6. The summed E-state index contributed by atoms with van der Waals surface area (Å²) in [5.41, 5.74) is 4.36. The lowest BCUT2D eigenvalue weighted by Gasteiger charge is -2.12. The monoisotopic (exact) mass is 551 g/mol. The maximum atomic E-state index is 11.6. The molecule has 0 fully saturated rings. The largest absolute Gasteiger partial charge is 0.489 e. The van der Waals surface area contributed by atoms with Crippen LogP contribution in [0.2, 0.25) is 10.0 Å². The number of aromatic carboxylic acids is 1. The smallest absolute Gasteiger partial charge is 0.337 e. The Kier molecular flexibility index (Phi) is 6.99. The quantitative estimate of drug-likeness (QED) is 0.218. The number of carboxylic acid groups (broad SMARTS) is 1. The Balaban J connectivity index is 1.45. The molecule has 8 heteroatoms. The third kappa shape index (κ3) is 4.85. The Morgan fingerprint density at radius 1 is 1.08 bits per heavy atom. The Labute approximate surface area is 228 Å². The van der Waals surface area contributed by atoms with Crippen LogP contribution in [-0.4, -0.2) is 16.2 Å². The van der Waals surface area contributed by atoms with Crippen molar-refractivity contribution in [2.75, 3.05) is 0 Å². The molecular formula is C29H23Cl2NO4S. The molecule has 188 valence electrons. The van der Waals surface area contributed by atoms with E-state index < -0.39 is 5.97 Å². The number of hydrogen-bond acceptors (Lipinski definition) is 5. The van der Waals surface area contributed by atoms with E-state index in [9.17, 15) is 9.90 Å². The van der Waals surface area contributed by atoms with Crippen molar-refractivity contribution in [2.24, 2.45) is 0 Å². The van der Waals surface area contributed by atoms with Gasteiger partial charge in [0.25, 0.3) is 0 Å². The van der Waals surface area contributed by atoms with Gasteiger partial charge < -0.3 is 14.4 Å². The van der Waals surface area contributed by atoms with Crippen LogP contribution in [0.15, 0.2) is 65.2 Å². The van der Waals surface area contributed by atoms with Gasteiger partial charge in [-0.25, -0.2) is 4.79 Å². The molecule has 2 aromatic heterocycles. The van der Waals surface area contributed by atoms with Gasteiger partial charge in [-0.2, -0.15) is 0 Å². The highest BCUT2D eigenvalue weighted by atomic mass is 35.5. The molecule has 1 N–H and O–H groups in total. The summed E-state index contributed by atoms with van der Waals surface area (Å²) in [5, 5.41) is 15.7. The number of nitrogens with zero attached hydrogens (tertiary/aromatic N) is 1. The second-order valence-corrected chi connectivity index (χ2v) is 10.9. The first kappa shape index (κ1) is 25.3. The van der Waals surface area contributed by atoms with Crippen LogP contribution in [0, 0.1) is 6.92 Å². The summed E-state index contributed by atoms with van der Waals surface area (Å²) in [5.74, 6) is 0.583. The predicted molar refractivity (Wildman–Crippen MR) is 149 cm³/mol. The van der Waals surface area contributed by atoms with E-state index in [0.29, 0.717) is 32.6 Å². The molecule has 0 radical (unpaired) electrons. The fourth-order valence-corrected chi connectivity index (χ4v) is 6.19. The lowest BCUT2D eigenvalue weighted by Crippen LogP contribution is -2.01. The van der Waals surface area contributed by atoms with Crippen LogP contribution in [0.3, 0.4) is 0 Å². The van der Waals surface area contributed by atoms with Gasteiger partial charge in [0.1, 0.15) is 23.8 Å². The summed E-state index contributed by atoms with van der Waals surface area (Å²) >= 11 is 14.4. The average Bonchev–Trinajstić information content (AvgIpc) is 3.47. The Bertz CT molecular complexity index is 1620. The lowest BCUT2D eigenvalue weighted by atomic mass is 10.0. The highest BCUT2D eigenvalue weighted by Gasteiger charge is 2.24. The number of thiophene rings is 1. The first-order valence-corrected chi connectivity index (χ1v) is 13.2. The highest BCUT2D eigenvalue weighted by Crippen LogP contribution is 2.40. The predicted octanol–water partition coefficient (Wildman–Crippen LogP) is 9.24. The molecule has 0 aliphatic rings. The summed E-state index contributed by atoms with van der Waals surface area (Å²) in [6.07, 6.45) is 0. The van der Waals surface area contributed by atoms with Gasteiger partial charge in [0, 0.05) is 21.1 Å². The highest BCUT2D eigenvalue weighted by molar-refractivity contribution is 7.22. The van der Waals surface area contributed by atoms with Gasteiger partial charge in [0.2, 0.25) is 0 Å². The topological polar surface area (TPSA) is 72.6 Å². The van der Waals surface area contributed by atoms with E-state index >= 15 is 0 Å². The molecule has 37 heavy (non-hydrogen) atoms. The van der Waals surface area contributed by atoms with Crippen molar-refractivity contribution in [3.8, 4) is 27.4 Å². The fourth-order valence-electron chi connectivity index (χ4n) is 4.36. The molecule has 5 nitrogen and oxygen atoms in total. The molecule has 0 atom stereocenters. The molecule has 3 aromatic carbocycles. The van der Waals surface area contributed by atoms with Crippen molar-refractivity contribution < 1.29 is 19.2 Å². The number of carboxylic acids is 1. The van der Waals surface area contributed by atoms with Crippen LogP contribution < -0.4 is 4.74 Å². The zero-order valence-corrected chi connectivity index (χ0v) is 22.7. The molecule has 0 bridgehead atoms. The molecule has 0 unspecified atom stereocenters. The SMILES string of the molecule is Cc1cc(OCc2c(-c3c(Cl)cccc3Cl)noc2C(C)C)ccc1-c1cc2cccc(C(=O)O)c2s1. The Hall–Kier alpha value is -3.32. The van der Waals surface area contributed by atoms with E-state index in [4.69, 9.17) is 32.5 Å². The summed E-state index contributed by atoms with van der Waals surface area (Å²) in [7, 11) is 0. The normalized spacial score (nSPS) is 11.4. The standard InChI is InChI=1S/C29H23Cl2NO4S/c1-15(2)27-21(26(32-36-27)25-22(30)8-5-9-23(25)31)14-35-18-10-11-19(16(3)12-18)24-13-17-6-4-7-20(29(33)34)28(17)37-24/h4-13,15H,14H2,1-3H3,(H,33,34). The third-order valence-corrected chi connectivity index (χ3v) is 8.01. The van der Waals surface area contributed by atoms with Crippen molar-refractivity contribution in [2.45, 2.75) is 33.3 Å².